The van der Waals surface area contributed by atoms with Gasteiger partial charge in [0.15, 0.2) is 17.2 Å². The second-order valence-electron chi connectivity index (χ2n) is 3.36. The van der Waals surface area contributed by atoms with Crippen molar-refractivity contribution in [2.24, 2.45) is 0 Å². The summed E-state index contributed by atoms with van der Waals surface area (Å²) >= 11 is 7.68. The van der Waals surface area contributed by atoms with Gasteiger partial charge >= 0.3 is 5.97 Å². The van der Waals surface area contributed by atoms with Gasteiger partial charge in [-0.05, 0) is 29.8 Å². The Labute approximate surface area is 126 Å². The van der Waals surface area contributed by atoms with Crippen LogP contribution in [0, 0.1) is 0 Å². The molecule has 0 atom stereocenters. The average molecular weight is 347 g/mol. The zero-order chi connectivity index (χ0) is 14.4. The maximum absolute atomic E-state index is 11.4. The molecule has 1 aromatic carbocycles. The molecule has 0 radical (unpaired) electrons. The lowest BCUT2D eigenvalue weighted by Crippen LogP contribution is -2.07. The summed E-state index contributed by atoms with van der Waals surface area (Å²) in [6.45, 7) is 7.95. The molecule has 0 aromatic heterocycles. The van der Waals surface area contributed by atoms with E-state index in [-0.39, 0.29) is 5.75 Å². The van der Waals surface area contributed by atoms with E-state index in [1.807, 2.05) is 13.8 Å². The molecule has 0 amide bonds. The fourth-order valence-electron chi connectivity index (χ4n) is 1.36. The number of carbonyl (C=O) groups excluding carboxylic acids is 1. The van der Waals surface area contributed by atoms with E-state index in [2.05, 4.69) is 35.1 Å². The lowest BCUT2D eigenvalue weighted by atomic mass is 10.3. The van der Waals surface area contributed by atoms with E-state index in [4.69, 9.17) is 14.2 Å². The normalized spacial score (nSPS) is 9.89. The number of hydrogen-bond acceptors (Lipinski definition) is 5. The monoisotopic (exact) mass is 346 g/mol. The van der Waals surface area contributed by atoms with Crippen molar-refractivity contribution in [2.75, 3.05) is 13.2 Å². The lowest BCUT2D eigenvalue weighted by Gasteiger charge is -2.16. The van der Waals surface area contributed by atoms with Crippen molar-refractivity contribution >= 4 is 34.5 Å². The quantitative estimate of drug-likeness (QED) is 0.369. The number of esters is 1. The zero-order valence-corrected chi connectivity index (χ0v) is 13.2. The molecule has 0 heterocycles. The van der Waals surface area contributed by atoms with Crippen LogP contribution in [0.2, 0.25) is 0 Å². The van der Waals surface area contributed by atoms with E-state index >= 15 is 0 Å². The Morgan fingerprint density at radius 3 is 2.53 bits per heavy atom. The van der Waals surface area contributed by atoms with E-state index in [1.54, 1.807) is 6.07 Å². The largest absolute Gasteiger partial charge is 0.491 e. The van der Waals surface area contributed by atoms with Crippen LogP contribution in [0.4, 0.5) is 0 Å². The Balaban J connectivity index is 3.31. The fraction of sp³-hybridized carbons (Fsp3) is 0.308. The van der Waals surface area contributed by atoms with Gasteiger partial charge in [0.1, 0.15) is 4.47 Å². The summed E-state index contributed by atoms with van der Waals surface area (Å²) in [7, 11) is 0. The van der Waals surface area contributed by atoms with Gasteiger partial charge in [0, 0.05) is 12.1 Å². The summed E-state index contributed by atoms with van der Waals surface area (Å²) in [4.78, 5) is 12.0. The summed E-state index contributed by atoms with van der Waals surface area (Å²) in [5.74, 6) is 0.600. The summed E-state index contributed by atoms with van der Waals surface area (Å²) in [5, 5.41) is 0. The van der Waals surface area contributed by atoms with Gasteiger partial charge in [0.05, 0.1) is 18.1 Å². The molecule has 0 bridgehead atoms. The molecule has 0 aliphatic rings. The van der Waals surface area contributed by atoms with Crippen molar-refractivity contribution in [1.82, 2.24) is 0 Å². The molecule has 0 saturated heterocycles. The van der Waals surface area contributed by atoms with Crippen LogP contribution < -0.4 is 14.2 Å². The first kappa shape index (κ1) is 15.9. The highest BCUT2D eigenvalue weighted by Crippen LogP contribution is 2.46. The highest BCUT2D eigenvalue weighted by Gasteiger charge is 2.20. The summed E-state index contributed by atoms with van der Waals surface area (Å²) in [6.07, 6.45) is 1.08. The Hall–Kier alpha value is -1.14. The lowest BCUT2D eigenvalue weighted by molar-refractivity contribution is -0.129. The SMILES string of the molecule is C=CC(=O)Oc1c(OCC)cc(S)c(OCC)c1Br. The molecule has 104 valence electrons. The van der Waals surface area contributed by atoms with Gasteiger partial charge in [0.2, 0.25) is 0 Å². The third kappa shape index (κ3) is 3.91. The maximum atomic E-state index is 11.4. The second kappa shape index (κ2) is 7.45. The molecule has 4 nitrogen and oxygen atoms in total. The van der Waals surface area contributed by atoms with Crippen molar-refractivity contribution in [2.45, 2.75) is 18.7 Å². The summed E-state index contributed by atoms with van der Waals surface area (Å²) < 4.78 is 16.6. The van der Waals surface area contributed by atoms with Gasteiger partial charge in [-0.3, -0.25) is 0 Å². The summed E-state index contributed by atoms with van der Waals surface area (Å²) in [6, 6.07) is 1.65. The Bertz CT molecular complexity index is 488. The van der Waals surface area contributed by atoms with Crippen molar-refractivity contribution in [3.05, 3.63) is 23.2 Å². The molecule has 0 spiro atoms. The van der Waals surface area contributed by atoms with Crippen molar-refractivity contribution in [3.8, 4) is 17.2 Å². The third-order valence-electron chi connectivity index (χ3n) is 2.08. The third-order valence-corrected chi connectivity index (χ3v) is 3.13. The predicted octanol–water partition coefficient (Wildman–Crippen LogP) is 3.63. The topological polar surface area (TPSA) is 44.8 Å². The number of carbonyl (C=O) groups is 1. The molecule has 6 heteroatoms. The Morgan fingerprint density at radius 2 is 2.00 bits per heavy atom. The van der Waals surface area contributed by atoms with Crippen LogP contribution >= 0.6 is 28.6 Å². The van der Waals surface area contributed by atoms with Crippen LogP contribution in [-0.4, -0.2) is 19.2 Å². The first-order valence-corrected chi connectivity index (χ1v) is 6.94. The molecule has 0 fully saturated rings. The number of ether oxygens (including phenoxy) is 3. The van der Waals surface area contributed by atoms with Crippen molar-refractivity contribution < 1.29 is 19.0 Å². The summed E-state index contributed by atoms with van der Waals surface area (Å²) in [5.41, 5.74) is 0. The van der Waals surface area contributed by atoms with Gasteiger partial charge < -0.3 is 14.2 Å². The van der Waals surface area contributed by atoms with E-state index in [0.717, 1.165) is 6.08 Å². The molecule has 19 heavy (non-hydrogen) atoms. The van der Waals surface area contributed by atoms with Gasteiger partial charge in [-0.2, -0.15) is 0 Å². The Morgan fingerprint density at radius 1 is 1.37 bits per heavy atom. The van der Waals surface area contributed by atoms with Crippen LogP contribution in [0.1, 0.15) is 13.8 Å². The molecule has 1 aromatic rings. The number of thiol groups is 1. The standard InChI is InChI=1S/C13H15BrO4S/c1-4-10(15)18-12-8(16-5-2)7-9(19)13(11(12)14)17-6-3/h4,7,19H,1,5-6H2,2-3H3. The first-order chi connectivity index (χ1) is 9.04. The Kier molecular flexibility index (Phi) is 6.24. The predicted molar refractivity (Wildman–Crippen MR) is 79.6 cm³/mol. The number of rotatable bonds is 6. The average Bonchev–Trinajstić information content (AvgIpc) is 2.39. The van der Waals surface area contributed by atoms with Crippen LogP contribution in [0.5, 0.6) is 17.2 Å². The van der Waals surface area contributed by atoms with Crippen LogP contribution in [-0.2, 0) is 4.79 Å². The highest BCUT2D eigenvalue weighted by molar-refractivity contribution is 9.10. The molecular weight excluding hydrogens is 332 g/mol. The molecule has 0 aliphatic heterocycles. The van der Waals surface area contributed by atoms with Gasteiger partial charge in [-0.25, -0.2) is 4.79 Å². The van der Waals surface area contributed by atoms with E-state index in [1.165, 1.54) is 0 Å². The molecular formula is C13H15BrO4S. The minimum atomic E-state index is -0.573. The van der Waals surface area contributed by atoms with E-state index in [0.29, 0.717) is 34.1 Å². The van der Waals surface area contributed by atoms with Gasteiger partial charge in [0.25, 0.3) is 0 Å². The molecule has 0 N–H and O–H groups in total. The molecule has 0 aliphatic carbocycles. The maximum Gasteiger partial charge on any atom is 0.335 e. The molecule has 0 unspecified atom stereocenters. The number of benzene rings is 1. The van der Waals surface area contributed by atoms with Gasteiger partial charge in [-0.1, -0.05) is 6.58 Å². The van der Waals surface area contributed by atoms with Crippen molar-refractivity contribution in [3.63, 3.8) is 0 Å². The zero-order valence-electron chi connectivity index (χ0n) is 10.7. The van der Waals surface area contributed by atoms with E-state index < -0.39 is 5.97 Å². The first-order valence-electron chi connectivity index (χ1n) is 5.70. The van der Waals surface area contributed by atoms with Crippen molar-refractivity contribution in [1.29, 1.82) is 0 Å². The van der Waals surface area contributed by atoms with Crippen LogP contribution in [0.3, 0.4) is 0 Å². The highest BCUT2D eigenvalue weighted by atomic mass is 79.9. The molecule has 1 rings (SSSR count). The van der Waals surface area contributed by atoms with Crippen LogP contribution in [0.15, 0.2) is 28.1 Å². The van der Waals surface area contributed by atoms with Crippen LogP contribution in [0.25, 0.3) is 0 Å². The fourth-order valence-corrected chi connectivity index (χ4v) is 2.41. The second-order valence-corrected chi connectivity index (χ2v) is 4.63. The van der Waals surface area contributed by atoms with Gasteiger partial charge in [-0.15, -0.1) is 12.6 Å². The number of halogens is 1. The number of hydrogen-bond donors (Lipinski definition) is 1. The molecule has 0 saturated carbocycles. The van der Waals surface area contributed by atoms with E-state index in [9.17, 15) is 4.79 Å². The smallest absolute Gasteiger partial charge is 0.335 e. The minimum absolute atomic E-state index is 0.257. The minimum Gasteiger partial charge on any atom is -0.491 e.